The van der Waals surface area contributed by atoms with E-state index in [2.05, 4.69) is 36.7 Å². The van der Waals surface area contributed by atoms with Crippen LogP contribution in [0.15, 0.2) is 18.3 Å². The van der Waals surface area contributed by atoms with E-state index < -0.39 is 0 Å². The summed E-state index contributed by atoms with van der Waals surface area (Å²) >= 11 is 0. The van der Waals surface area contributed by atoms with E-state index in [1.165, 1.54) is 5.56 Å². The van der Waals surface area contributed by atoms with Crippen molar-refractivity contribution in [3.63, 3.8) is 0 Å². The third-order valence-corrected chi connectivity index (χ3v) is 3.35. The van der Waals surface area contributed by atoms with Crippen LogP contribution in [0.4, 0.5) is 5.82 Å². The number of nitrogens with zero attached hydrogens (tertiary/aromatic N) is 2. The van der Waals surface area contributed by atoms with Crippen molar-refractivity contribution in [2.75, 3.05) is 24.6 Å². The summed E-state index contributed by atoms with van der Waals surface area (Å²) in [5.41, 5.74) is 6.82. The topological polar surface area (TPSA) is 75.2 Å². The molecule has 3 N–H and O–H groups in total. The Morgan fingerprint density at radius 3 is 2.74 bits per heavy atom. The van der Waals surface area contributed by atoms with E-state index in [4.69, 9.17) is 15.9 Å². The predicted octanol–water partition coefficient (Wildman–Crippen LogP) is 1.52. The smallest absolute Gasteiger partial charge is 0.131 e. The van der Waals surface area contributed by atoms with Crippen molar-refractivity contribution in [3.05, 3.63) is 23.9 Å². The Morgan fingerprint density at radius 1 is 1.47 bits per heavy atom. The van der Waals surface area contributed by atoms with E-state index in [9.17, 15) is 0 Å². The number of morpholine rings is 1. The van der Waals surface area contributed by atoms with Crippen molar-refractivity contribution in [3.8, 4) is 0 Å². The van der Waals surface area contributed by atoms with Gasteiger partial charge in [-0.1, -0.05) is 26.8 Å². The Kier molecular flexibility index (Phi) is 3.75. The Morgan fingerprint density at radius 2 is 2.21 bits per heavy atom. The van der Waals surface area contributed by atoms with Gasteiger partial charge < -0.3 is 15.4 Å². The van der Waals surface area contributed by atoms with Gasteiger partial charge in [0.25, 0.3) is 0 Å². The lowest BCUT2D eigenvalue weighted by Crippen LogP contribution is -2.48. The number of ether oxygens (including phenoxy) is 1. The van der Waals surface area contributed by atoms with Crippen molar-refractivity contribution >= 4 is 11.7 Å². The highest BCUT2D eigenvalue weighted by Crippen LogP contribution is 2.23. The molecule has 0 spiro atoms. The number of hydrogen-bond acceptors (Lipinski definition) is 4. The number of amidine groups is 1. The number of anilines is 1. The van der Waals surface area contributed by atoms with Gasteiger partial charge in [0.2, 0.25) is 0 Å². The molecule has 2 heterocycles. The summed E-state index contributed by atoms with van der Waals surface area (Å²) < 4.78 is 5.45. The van der Waals surface area contributed by atoms with Crippen LogP contribution >= 0.6 is 0 Å². The van der Waals surface area contributed by atoms with E-state index in [0.29, 0.717) is 13.2 Å². The highest BCUT2D eigenvalue weighted by molar-refractivity contribution is 5.82. The average molecular weight is 262 g/mol. The van der Waals surface area contributed by atoms with E-state index in [0.717, 1.165) is 12.4 Å². The van der Waals surface area contributed by atoms with E-state index in [1.807, 2.05) is 12.3 Å². The van der Waals surface area contributed by atoms with Crippen molar-refractivity contribution in [1.29, 1.82) is 5.41 Å². The maximum absolute atomic E-state index is 7.46. The highest BCUT2D eigenvalue weighted by Gasteiger charge is 2.24. The number of rotatable bonds is 2. The summed E-state index contributed by atoms with van der Waals surface area (Å²) in [6.45, 7) is 8.47. The highest BCUT2D eigenvalue weighted by atomic mass is 16.5. The molecular formula is C14H22N4O. The fourth-order valence-electron chi connectivity index (χ4n) is 2.06. The summed E-state index contributed by atoms with van der Waals surface area (Å²) in [7, 11) is 0. The minimum Gasteiger partial charge on any atom is -0.385 e. The number of aromatic nitrogens is 1. The molecule has 1 aromatic heterocycles. The van der Waals surface area contributed by atoms with Gasteiger partial charge in [-0.15, -0.1) is 0 Å². The Bertz CT molecular complexity index is 450. The van der Waals surface area contributed by atoms with Crippen LogP contribution in [0.1, 0.15) is 26.3 Å². The Balaban J connectivity index is 2.12. The second-order valence-electron chi connectivity index (χ2n) is 5.92. The summed E-state index contributed by atoms with van der Waals surface area (Å²) in [6.07, 6.45) is 1.60. The predicted molar refractivity (Wildman–Crippen MR) is 76.8 cm³/mol. The molecule has 0 aliphatic carbocycles. The lowest BCUT2D eigenvalue weighted by molar-refractivity contribution is 0.0823. The zero-order valence-electron chi connectivity index (χ0n) is 11.8. The third-order valence-electron chi connectivity index (χ3n) is 3.35. The van der Waals surface area contributed by atoms with Crippen molar-refractivity contribution < 1.29 is 4.74 Å². The summed E-state index contributed by atoms with van der Waals surface area (Å²) in [5.74, 6) is 0.999. The van der Waals surface area contributed by atoms with Gasteiger partial charge in [-0.3, -0.25) is 5.41 Å². The number of nitrogens with one attached hydrogen (secondary N) is 1. The number of hydrogen-bond donors (Lipinski definition) is 2. The van der Waals surface area contributed by atoms with Gasteiger partial charge in [-0.25, -0.2) is 4.98 Å². The van der Waals surface area contributed by atoms with Crippen molar-refractivity contribution in [2.45, 2.75) is 32.3 Å². The zero-order chi connectivity index (χ0) is 14.0. The molecule has 1 atom stereocenters. The van der Waals surface area contributed by atoms with Crippen LogP contribution in [0.3, 0.4) is 0 Å². The van der Waals surface area contributed by atoms with Crippen LogP contribution in [0.25, 0.3) is 0 Å². The molecule has 2 rings (SSSR count). The first-order valence-electron chi connectivity index (χ1n) is 6.55. The molecule has 1 aromatic rings. The lowest BCUT2D eigenvalue weighted by Gasteiger charge is -2.33. The Hall–Kier alpha value is -1.62. The number of pyridine rings is 1. The molecule has 5 nitrogen and oxygen atoms in total. The first-order valence-corrected chi connectivity index (χ1v) is 6.55. The molecule has 1 saturated heterocycles. The Labute approximate surface area is 114 Å². The standard InChI is InChI=1S/C14H22N4O/c1-14(2,3)10-4-5-12(17-8-10)18-6-7-19-11(9-18)13(15)16/h4-5,8,11H,6-7,9H2,1-3H3,(H3,15,16). The molecule has 104 valence electrons. The molecule has 1 aliphatic rings. The third kappa shape index (κ3) is 3.23. The van der Waals surface area contributed by atoms with Gasteiger partial charge in [0, 0.05) is 12.7 Å². The fourth-order valence-corrected chi connectivity index (χ4v) is 2.06. The number of nitrogens with two attached hydrogens (primary N) is 1. The van der Waals surface area contributed by atoms with Crippen LogP contribution in [0, 0.1) is 5.41 Å². The van der Waals surface area contributed by atoms with Crippen LogP contribution in [-0.2, 0) is 10.2 Å². The van der Waals surface area contributed by atoms with Gasteiger partial charge in [0.05, 0.1) is 13.2 Å². The molecule has 1 fully saturated rings. The molecule has 0 aromatic carbocycles. The molecule has 5 heteroatoms. The maximum Gasteiger partial charge on any atom is 0.131 e. The van der Waals surface area contributed by atoms with Crippen LogP contribution in [0.5, 0.6) is 0 Å². The largest absolute Gasteiger partial charge is 0.385 e. The SMILES string of the molecule is CC(C)(C)c1ccc(N2CCOC(C(=N)N)C2)nc1. The molecule has 0 bridgehead atoms. The summed E-state index contributed by atoms with van der Waals surface area (Å²) in [4.78, 5) is 6.63. The van der Waals surface area contributed by atoms with E-state index >= 15 is 0 Å². The summed E-state index contributed by atoms with van der Waals surface area (Å²) in [5, 5.41) is 7.46. The fraction of sp³-hybridized carbons (Fsp3) is 0.571. The minimum atomic E-state index is -0.321. The molecule has 1 unspecified atom stereocenters. The van der Waals surface area contributed by atoms with Gasteiger partial charge in [-0.05, 0) is 17.0 Å². The zero-order valence-corrected chi connectivity index (χ0v) is 11.8. The molecular weight excluding hydrogens is 240 g/mol. The molecule has 0 amide bonds. The van der Waals surface area contributed by atoms with Crippen LogP contribution < -0.4 is 10.6 Å². The molecule has 1 aliphatic heterocycles. The average Bonchev–Trinajstić information content (AvgIpc) is 2.38. The lowest BCUT2D eigenvalue weighted by atomic mass is 9.88. The van der Waals surface area contributed by atoms with Crippen LogP contribution in [0.2, 0.25) is 0 Å². The monoisotopic (exact) mass is 262 g/mol. The first-order chi connectivity index (χ1) is 8.88. The minimum absolute atomic E-state index is 0.0796. The van der Waals surface area contributed by atoms with E-state index in [-0.39, 0.29) is 17.4 Å². The van der Waals surface area contributed by atoms with Crippen molar-refractivity contribution in [1.82, 2.24) is 4.98 Å². The normalized spacial score (nSPS) is 20.4. The van der Waals surface area contributed by atoms with Crippen molar-refractivity contribution in [2.24, 2.45) is 5.73 Å². The van der Waals surface area contributed by atoms with Gasteiger partial charge in [0.15, 0.2) is 0 Å². The maximum atomic E-state index is 7.46. The first kappa shape index (κ1) is 13.8. The van der Waals surface area contributed by atoms with Gasteiger partial charge in [-0.2, -0.15) is 0 Å². The molecule has 0 saturated carbocycles. The molecule has 0 radical (unpaired) electrons. The second-order valence-corrected chi connectivity index (χ2v) is 5.92. The molecule has 19 heavy (non-hydrogen) atoms. The van der Waals surface area contributed by atoms with Gasteiger partial charge in [0.1, 0.15) is 17.8 Å². The second kappa shape index (κ2) is 5.17. The van der Waals surface area contributed by atoms with E-state index in [1.54, 1.807) is 0 Å². The van der Waals surface area contributed by atoms with Crippen LogP contribution in [-0.4, -0.2) is 36.6 Å². The van der Waals surface area contributed by atoms with Gasteiger partial charge >= 0.3 is 0 Å². The summed E-state index contributed by atoms with van der Waals surface area (Å²) in [6, 6.07) is 4.14. The quantitative estimate of drug-likeness (QED) is 0.626.